The van der Waals surface area contributed by atoms with Crippen molar-refractivity contribution in [1.82, 2.24) is 5.32 Å². The van der Waals surface area contributed by atoms with E-state index >= 15 is 0 Å². The molecule has 0 aromatic heterocycles. The molecule has 0 bridgehead atoms. The van der Waals surface area contributed by atoms with E-state index in [9.17, 15) is 9.59 Å². The van der Waals surface area contributed by atoms with Crippen LogP contribution >= 0.6 is 0 Å². The molecule has 0 aliphatic heterocycles. The molecule has 0 spiro atoms. The van der Waals surface area contributed by atoms with Gasteiger partial charge < -0.3 is 14.8 Å². The smallest absolute Gasteiger partial charge is 0.258 e. The first-order chi connectivity index (χ1) is 9.10. The number of rotatable bonds is 7. The zero-order valence-electron chi connectivity index (χ0n) is 11.4. The van der Waals surface area contributed by atoms with E-state index in [4.69, 9.17) is 9.47 Å². The number of aldehydes is 1. The number of carbonyl (C=O) groups excluding carboxylic acids is 2. The van der Waals surface area contributed by atoms with Crippen LogP contribution in [-0.2, 0) is 4.79 Å². The van der Waals surface area contributed by atoms with Gasteiger partial charge in [-0.05, 0) is 31.5 Å². The third-order valence-electron chi connectivity index (χ3n) is 2.72. The van der Waals surface area contributed by atoms with Crippen molar-refractivity contribution >= 4 is 12.2 Å². The van der Waals surface area contributed by atoms with Gasteiger partial charge in [-0.15, -0.1) is 0 Å². The summed E-state index contributed by atoms with van der Waals surface area (Å²) < 4.78 is 10.3. The Morgan fingerprint density at radius 2 is 2.21 bits per heavy atom. The Bertz CT molecular complexity index is 445. The molecule has 1 aromatic carbocycles. The van der Waals surface area contributed by atoms with Crippen molar-refractivity contribution in [2.45, 2.75) is 26.3 Å². The van der Waals surface area contributed by atoms with Gasteiger partial charge >= 0.3 is 0 Å². The Labute approximate surface area is 112 Å². The van der Waals surface area contributed by atoms with Crippen molar-refractivity contribution in [3.8, 4) is 11.5 Å². The lowest BCUT2D eigenvalue weighted by molar-refractivity contribution is -0.123. The summed E-state index contributed by atoms with van der Waals surface area (Å²) in [4.78, 5) is 22.5. The van der Waals surface area contributed by atoms with Crippen LogP contribution in [0.15, 0.2) is 18.2 Å². The van der Waals surface area contributed by atoms with E-state index in [1.807, 2.05) is 13.8 Å². The number of methoxy groups -OCH3 is 1. The summed E-state index contributed by atoms with van der Waals surface area (Å²) in [6.07, 6.45) is 1.53. The molecular formula is C14H19NO4. The van der Waals surface area contributed by atoms with E-state index < -0.39 is 0 Å². The molecule has 1 amide bonds. The molecule has 1 unspecified atom stereocenters. The average molecular weight is 265 g/mol. The molecule has 104 valence electrons. The van der Waals surface area contributed by atoms with Crippen LogP contribution < -0.4 is 14.8 Å². The lowest BCUT2D eigenvalue weighted by Gasteiger charge is -2.13. The molecule has 0 saturated heterocycles. The first-order valence-electron chi connectivity index (χ1n) is 6.16. The van der Waals surface area contributed by atoms with Crippen LogP contribution in [-0.4, -0.2) is 32.0 Å². The van der Waals surface area contributed by atoms with Crippen molar-refractivity contribution in [2.24, 2.45) is 0 Å². The SMILES string of the molecule is CCC(C)NC(=O)COc1ccc(OC)cc1C=O. The number of nitrogens with one attached hydrogen (secondary N) is 1. The van der Waals surface area contributed by atoms with Gasteiger partial charge in [0.05, 0.1) is 12.7 Å². The normalized spacial score (nSPS) is 11.5. The van der Waals surface area contributed by atoms with Gasteiger partial charge in [0, 0.05) is 6.04 Å². The number of amides is 1. The highest BCUT2D eigenvalue weighted by atomic mass is 16.5. The first-order valence-corrected chi connectivity index (χ1v) is 6.16. The number of hydrogen-bond acceptors (Lipinski definition) is 4. The van der Waals surface area contributed by atoms with Crippen LogP contribution in [0.1, 0.15) is 30.6 Å². The van der Waals surface area contributed by atoms with E-state index in [1.165, 1.54) is 7.11 Å². The molecule has 5 nitrogen and oxygen atoms in total. The van der Waals surface area contributed by atoms with Crippen molar-refractivity contribution in [2.75, 3.05) is 13.7 Å². The highest BCUT2D eigenvalue weighted by molar-refractivity contribution is 5.81. The van der Waals surface area contributed by atoms with E-state index in [0.29, 0.717) is 23.3 Å². The van der Waals surface area contributed by atoms with Gasteiger partial charge in [0.25, 0.3) is 5.91 Å². The van der Waals surface area contributed by atoms with Gasteiger partial charge in [0.2, 0.25) is 0 Å². The van der Waals surface area contributed by atoms with Gasteiger partial charge in [0.1, 0.15) is 11.5 Å². The molecule has 0 heterocycles. The van der Waals surface area contributed by atoms with Gasteiger partial charge in [-0.3, -0.25) is 9.59 Å². The maximum atomic E-state index is 11.6. The second-order valence-electron chi connectivity index (χ2n) is 4.19. The molecule has 1 N–H and O–H groups in total. The molecule has 19 heavy (non-hydrogen) atoms. The largest absolute Gasteiger partial charge is 0.497 e. The molecule has 0 aliphatic carbocycles. The predicted octanol–water partition coefficient (Wildman–Crippen LogP) is 1.80. The third kappa shape index (κ3) is 4.62. The fourth-order valence-corrected chi connectivity index (χ4v) is 1.44. The second kappa shape index (κ2) is 7.41. The van der Waals surface area contributed by atoms with Crippen LogP contribution in [0.5, 0.6) is 11.5 Å². The topological polar surface area (TPSA) is 64.6 Å². The van der Waals surface area contributed by atoms with E-state index in [0.717, 1.165) is 6.42 Å². The molecule has 0 saturated carbocycles. The maximum absolute atomic E-state index is 11.6. The zero-order chi connectivity index (χ0) is 14.3. The molecule has 5 heteroatoms. The molecule has 0 fully saturated rings. The van der Waals surface area contributed by atoms with Crippen molar-refractivity contribution in [1.29, 1.82) is 0 Å². The zero-order valence-corrected chi connectivity index (χ0v) is 11.4. The Morgan fingerprint density at radius 3 is 2.79 bits per heavy atom. The van der Waals surface area contributed by atoms with E-state index in [-0.39, 0.29) is 18.6 Å². The molecular weight excluding hydrogens is 246 g/mol. The third-order valence-corrected chi connectivity index (χ3v) is 2.72. The lowest BCUT2D eigenvalue weighted by Crippen LogP contribution is -2.35. The fourth-order valence-electron chi connectivity index (χ4n) is 1.44. The molecule has 1 aromatic rings. The maximum Gasteiger partial charge on any atom is 0.258 e. The van der Waals surface area contributed by atoms with E-state index in [1.54, 1.807) is 18.2 Å². The summed E-state index contributed by atoms with van der Waals surface area (Å²) in [5, 5.41) is 2.78. The highest BCUT2D eigenvalue weighted by Crippen LogP contribution is 2.22. The van der Waals surface area contributed by atoms with Crippen LogP contribution in [0.3, 0.4) is 0 Å². The number of ether oxygens (including phenoxy) is 2. The van der Waals surface area contributed by atoms with Crippen molar-refractivity contribution in [3.05, 3.63) is 23.8 Å². The standard InChI is InChI=1S/C14H19NO4/c1-4-10(2)15-14(17)9-19-13-6-5-12(18-3)7-11(13)8-16/h5-8,10H,4,9H2,1-3H3,(H,15,17). The summed E-state index contributed by atoms with van der Waals surface area (Å²) in [5.74, 6) is 0.732. The number of carbonyl (C=O) groups is 2. The monoisotopic (exact) mass is 265 g/mol. The van der Waals surface area contributed by atoms with E-state index in [2.05, 4.69) is 5.32 Å². The molecule has 1 atom stereocenters. The number of hydrogen-bond donors (Lipinski definition) is 1. The summed E-state index contributed by atoms with van der Waals surface area (Å²) in [6.45, 7) is 3.79. The quantitative estimate of drug-likeness (QED) is 0.763. The van der Waals surface area contributed by atoms with Crippen LogP contribution in [0.2, 0.25) is 0 Å². The minimum Gasteiger partial charge on any atom is -0.497 e. The summed E-state index contributed by atoms with van der Waals surface area (Å²) >= 11 is 0. The fraction of sp³-hybridized carbons (Fsp3) is 0.429. The summed E-state index contributed by atoms with van der Waals surface area (Å²) in [5.41, 5.74) is 0.357. The molecule has 1 rings (SSSR count). The molecule has 0 radical (unpaired) electrons. The van der Waals surface area contributed by atoms with Crippen molar-refractivity contribution in [3.63, 3.8) is 0 Å². The summed E-state index contributed by atoms with van der Waals surface area (Å²) in [7, 11) is 1.52. The highest BCUT2D eigenvalue weighted by Gasteiger charge is 2.09. The Morgan fingerprint density at radius 1 is 1.47 bits per heavy atom. The van der Waals surface area contributed by atoms with Crippen LogP contribution in [0.25, 0.3) is 0 Å². The number of benzene rings is 1. The van der Waals surface area contributed by atoms with Crippen molar-refractivity contribution < 1.29 is 19.1 Å². The Kier molecular flexibility index (Phi) is 5.85. The summed E-state index contributed by atoms with van der Waals surface area (Å²) in [6, 6.07) is 4.96. The van der Waals surface area contributed by atoms with Gasteiger partial charge in [-0.2, -0.15) is 0 Å². The predicted molar refractivity (Wildman–Crippen MR) is 71.8 cm³/mol. The minimum absolute atomic E-state index is 0.109. The lowest BCUT2D eigenvalue weighted by atomic mass is 10.2. The van der Waals surface area contributed by atoms with Gasteiger partial charge in [-0.1, -0.05) is 6.92 Å². The van der Waals surface area contributed by atoms with Crippen LogP contribution in [0, 0.1) is 0 Å². The Hall–Kier alpha value is -2.04. The van der Waals surface area contributed by atoms with Gasteiger partial charge in [-0.25, -0.2) is 0 Å². The Balaban J connectivity index is 2.62. The average Bonchev–Trinajstić information content (AvgIpc) is 2.44. The first kappa shape index (κ1) is 15.0. The second-order valence-corrected chi connectivity index (χ2v) is 4.19. The van der Waals surface area contributed by atoms with Crippen LogP contribution in [0.4, 0.5) is 0 Å². The molecule has 0 aliphatic rings. The van der Waals surface area contributed by atoms with Gasteiger partial charge in [0.15, 0.2) is 12.9 Å². The minimum atomic E-state index is -0.206.